The lowest BCUT2D eigenvalue weighted by molar-refractivity contribution is -0.140. The van der Waals surface area contributed by atoms with E-state index in [1.807, 2.05) is 42.8 Å². The number of sulfonamides is 1. The Bertz CT molecular complexity index is 1480. The van der Waals surface area contributed by atoms with Gasteiger partial charge in [-0.15, -0.1) is 0 Å². The fourth-order valence-corrected chi connectivity index (χ4v) is 5.58. The fraction of sp³-hybridized carbons (Fsp3) is 0.286. The van der Waals surface area contributed by atoms with Crippen molar-refractivity contribution in [2.45, 2.75) is 43.7 Å². The van der Waals surface area contributed by atoms with Gasteiger partial charge in [-0.1, -0.05) is 56.3 Å². The number of hydrogen-bond acceptors (Lipinski definition) is 7. The summed E-state index contributed by atoms with van der Waals surface area (Å²) in [5.41, 5.74) is 0.503. The number of benzene rings is 3. The average Bonchev–Trinajstić information content (AvgIpc) is 3.12. The zero-order valence-corrected chi connectivity index (χ0v) is 22.3. The Morgan fingerprint density at radius 3 is 1.92 bits per heavy atom. The third-order valence-electron chi connectivity index (χ3n) is 6.49. The van der Waals surface area contributed by atoms with E-state index < -0.39 is 45.8 Å². The first-order chi connectivity index (χ1) is 18.5. The second kappa shape index (κ2) is 11.3. The Labute approximate surface area is 226 Å². The highest BCUT2D eigenvalue weighted by molar-refractivity contribution is 7.90. The predicted molar refractivity (Wildman–Crippen MR) is 144 cm³/mol. The monoisotopic (exact) mass is 551 g/mol. The van der Waals surface area contributed by atoms with E-state index in [1.165, 1.54) is 24.3 Å². The van der Waals surface area contributed by atoms with Crippen molar-refractivity contribution < 1.29 is 32.7 Å². The van der Waals surface area contributed by atoms with Gasteiger partial charge in [-0.2, -0.15) is 0 Å². The number of carboxylic acids is 1. The van der Waals surface area contributed by atoms with E-state index in [0.717, 1.165) is 15.7 Å². The van der Waals surface area contributed by atoms with Crippen molar-refractivity contribution >= 4 is 44.5 Å². The predicted octanol–water partition coefficient (Wildman–Crippen LogP) is 2.79. The van der Waals surface area contributed by atoms with Crippen molar-refractivity contribution in [3.05, 3.63) is 77.9 Å². The number of carbonyl (C=O) groups is 4. The molecule has 0 radical (unpaired) electrons. The molecular weight excluding hydrogens is 522 g/mol. The molecule has 11 heteroatoms. The van der Waals surface area contributed by atoms with Crippen molar-refractivity contribution in [1.29, 1.82) is 0 Å². The number of imide groups is 1. The fourth-order valence-electron chi connectivity index (χ4n) is 4.54. The summed E-state index contributed by atoms with van der Waals surface area (Å²) in [6.07, 6.45) is -0.0346. The second-order valence-corrected chi connectivity index (χ2v) is 11.5. The Hall–Kier alpha value is -4.09. The molecule has 39 heavy (non-hydrogen) atoms. The first kappa shape index (κ1) is 27.9. The quantitative estimate of drug-likeness (QED) is 0.308. The molecule has 0 spiro atoms. The smallest absolute Gasteiger partial charge is 0.320 e. The van der Waals surface area contributed by atoms with E-state index >= 15 is 0 Å². The summed E-state index contributed by atoms with van der Waals surface area (Å²) in [4.78, 5) is 52.0. The lowest BCUT2D eigenvalue weighted by Gasteiger charge is -2.25. The van der Waals surface area contributed by atoms with E-state index in [4.69, 9.17) is 0 Å². The summed E-state index contributed by atoms with van der Waals surface area (Å²) in [5.74, 6) is -3.31. The van der Waals surface area contributed by atoms with Crippen LogP contribution in [0.25, 0.3) is 10.8 Å². The molecule has 3 amide bonds. The summed E-state index contributed by atoms with van der Waals surface area (Å²) < 4.78 is 27.3. The molecule has 0 aliphatic carbocycles. The molecule has 0 aromatic heterocycles. The van der Waals surface area contributed by atoms with Gasteiger partial charge in [0.15, 0.2) is 0 Å². The summed E-state index contributed by atoms with van der Waals surface area (Å²) >= 11 is 0. The first-order valence-electron chi connectivity index (χ1n) is 12.5. The van der Waals surface area contributed by atoms with Crippen LogP contribution in [0.4, 0.5) is 0 Å². The molecule has 204 valence electrons. The molecule has 10 nitrogen and oxygen atoms in total. The first-order valence-corrected chi connectivity index (χ1v) is 14.0. The van der Waals surface area contributed by atoms with Crippen LogP contribution in [0, 0.1) is 5.92 Å². The zero-order valence-electron chi connectivity index (χ0n) is 21.5. The maximum atomic E-state index is 13.0. The maximum absolute atomic E-state index is 13.0. The van der Waals surface area contributed by atoms with Gasteiger partial charge in [0, 0.05) is 6.54 Å². The van der Waals surface area contributed by atoms with Crippen LogP contribution in [0.3, 0.4) is 0 Å². The van der Waals surface area contributed by atoms with Crippen LogP contribution >= 0.6 is 0 Å². The van der Waals surface area contributed by atoms with E-state index in [0.29, 0.717) is 0 Å². The zero-order chi connectivity index (χ0) is 28.3. The van der Waals surface area contributed by atoms with E-state index in [-0.39, 0.29) is 41.3 Å². The highest BCUT2D eigenvalue weighted by atomic mass is 32.2. The summed E-state index contributed by atoms with van der Waals surface area (Å²) in [6.45, 7) is 3.42. The second-order valence-electron chi connectivity index (χ2n) is 9.82. The Kier molecular flexibility index (Phi) is 8.12. The SMILES string of the molecule is CC(C)C[C@H](N[C@H](CCN1C(=O)c2cc3ccccc3cc2C1=O)C(=O)O)C(=O)NS(=O)(=O)c1ccccc1. The van der Waals surface area contributed by atoms with Crippen LogP contribution in [0.2, 0.25) is 0 Å². The lowest BCUT2D eigenvalue weighted by atomic mass is 10.0. The standard InChI is InChI=1S/C28H29N3O7S/c1-17(2)14-24(25(32)30-39(37,38)20-10-4-3-5-11-20)29-23(28(35)36)12-13-31-26(33)21-15-18-8-6-7-9-19(18)16-22(21)27(31)34/h3-11,15-17,23-24,29H,12-14H2,1-2H3,(H,30,32)(H,35,36)/t23-,24+/m1/s1. The van der Waals surface area contributed by atoms with Gasteiger partial charge in [-0.05, 0) is 53.8 Å². The molecule has 1 heterocycles. The van der Waals surface area contributed by atoms with Crippen LogP contribution in [-0.4, -0.2) is 60.7 Å². The van der Waals surface area contributed by atoms with Gasteiger partial charge in [0.2, 0.25) is 0 Å². The van der Waals surface area contributed by atoms with Crippen LogP contribution in [0.1, 0.15) is 47.4 Å². The molecule has 0 bridgehead atoms. The largest absolute Gasteiger partial charge is 0.480 e. The van der Waals surface area contributed by atoms with Gasteiger partial charge < -0.3 is 5.11 Å². The van der Waals surface area contributed by atoms with Gasteiger partial charge in [-0.25, -0.2) is 13.1 Å². The maximum Gasteiger partial charge on any atom is 0.320 e. The van der Waals surface area contributed by atoms with Crippen molar-refractivity contribution in [2.24, 2.45) is 5.92 Å². The number of aliphatic carboxylic acids is 1. The molecule has 3 aromatic carbocycles. The third kappa shape index (κ3) is 6.15. The molecule has 0 unspecified atom stereocenters. The highest BCUT2D eigenvalue weighted by Crippen LogP contribution is 2.28. The molecule has 0 fully saturated rings. The van der Waals surface area contributed by atoms with Gasteiger partial charge in [0.1, 0.15) is 6.04 Å². The minimum atomic E-state index is -4.17. The van der Waals surface area contributed by atoms with Gasteiger partial charge in [0.25, 0.3) is 27.7 Å². The van der Waals surface area contributed by atoms with Crippen molar-refractivity contribution in [2.75, 3.05) is 6.54 Å². The summed E-state index contributed by atoms with van der Waals surface area (Å²) in [6, 6.07) is 15.5. The van der Waals surface area contributed by atoms with Gasteiger partial charge in [-0.3, -0.25) is 29.4 Å². The topological polar surface area (TPSA) is 150 Å². The van der Waals surface area contributed by atoms with E-state index in [2.05, 4.69) is 5.32 Å². The Morgan fingerprint density at radius 1 is 0.872 bits per heavy atom. The third-order valence-corrected chi connectivity index (χ3v) is 7.85. The molecule has 3 N–H and O–H groups in total. The summed E-state index contributed by atoms with van der Waals surface area (Å²) in [5, 5.41) is 14.2. The molecule has 0 saturated heterocycles. The minimum Gasteiger partial charge on any atom is -0.480 e. The molecule has 1 aliphatic rings. The number of hydrogen-bond donors (Lipinski definition) is 3. The average molecular weight is 552 g/mol. The molecule has 4 rings (SSSR count). The van der Waals surface area contributed by atoms with Crippen LogP contribution < -0.4 is 10.0 Å². The molecular formula is C28H29N3O7S. The molecule has 2 atom stereocenters. The number of nitrogens with one attached hydrogen (secondary N) is 2. The van der Waals surface area contributed by atoms with Crippen molar-refractivity contribution in [3.8, 4) is 0 Å². The number of rotatable bonds is 11. The van der Waals surface area contributed by atoms with Crippen molar-refractivity contribution in [3.63, 3.8) is 0 Å². The number of nitrogens with zero attached hydrogens (tertiary/aromatic N) is 1. The molecule has 1 aliphatic heterocycles. The number of carbonyl (C=O) groups excluding carboxylic acids is 3. The van der Waals surface area contributed by atoms with E-state index in [9.17, 15) is 32.7 Å². The number of fused-ring (bicyclic) bond motifs is 2. The molecule has 0 saturated carbocycles. The Morgan fingerprint density at radius 2 is 1.41 bits per heavy atom. The van der Waals surface area contributed by atoms with Crippen LogP contribution in [0.15, 0.2) is 71.6 Å². The summed E-state index contributed by atoms with van der Waals surface area (Å²) in [7, 11) is -4.17. The normalized spacial score (nSPS) is 14.9. The van der Waals surface area contributed by atoms with Crippen molar-refractivity contribution in [1.82, 2.24) is 14.9 Å². The minimum absolute atomic E-state index is 0.0764. The Balaban J connectivity index is 1.48. The number of carboxylic acid groups (broad SMARTS) is 1. The lowest BCUT2D eigenvalue weighted by Crippen LogP contribution is -2.53. The highest BCUT2D eigenvalue weighted by Gasteiger charge is 2.37. The van der Waals surface area contributed by atoms with Crippen LogP contribution in [-0.2, 0) is 19.6 Å². The van der Waals surface area contributed by atoms with Gasteiger partial charge >= 0.3 is 5.97 Å². The molecule has 3 aromatic rings. The van der Waals surface area contributed by atoms with Crippen LogP contribution in [0.5, 0.6) is 0 Å². The van der Waals surface area contributed by atoms with Gasteiger partial charge in [0.05, 0.1) is 22.1 Å². The van der Waals surface area contributed by atoms with E-state index in [1.54, 1.807) is 18.2 Å². The number of amides is 3.